The third kappa shape index (κ3) is 4.36. The molecule has 0 spiro atoms. The molecule has 1 saturated heterocycles. The smallest absolute Gasteiger partial charge is 0.320 e. The molecule has 1 N–H and O–H groups in total. The van der Waals surface area contributed by atoms with Crippen LogP contribution in [0.4, 0.5) is 18.9 Å². The molecule has 12 heteroatoms. The van der Waals surface area contributed by atoms with Crippen LogP contribution in [0.5, 0.6) is 0 Å². The highest BCUT2D eigenvalue weighted by Gasteiger charge is 2.32. The number of hydrogen-bond donors (Lipinski definition) is 1. The van der Waals surface area contributed by atoms with Crippen LogP contribution in [-0.4, -0.2) is 46.5 Å². The van der Waals surface area contributed by atoms with Crippen molar-refractivity contribution in [3.8, 4) is 5.69 Å². The van der Waals surface area contributed by atoms with Crippen molar-refractivity contribution in [1.82, 2.24) is 19.1 Å². The molecule has 2 aromatic carbocycles. The first kappa shape index (κ1) is 22.0. The summed E-state index contributed by atoms with van der Waals surface area (Å²) in [5.74, 6) is -0.698. The van der Waals surface area contributed by atoms with Crippen LogP contribution in [-0.2, 0) is 16.2 Å². The molecule has 1 aliphatic rings. The van der Waals surface area contributed by atoms with Crippen LogP contribution in [0.3, 0.4) is 0 Å². The number of nitrogens with zero attached hydrogens (tertiary/aromatic N) is 4. The van der Waals surface area contributed by atoms with Gasteiger partial charge in [-0.2, -0.15) is 22.6 Å². The standard InChI is InChI=1S/C20H18F3N5O3S/c21-20(22,23)15-5-8-18(28-13-24-12-25-28)17(11-15)26-19(29)14-3-6-16(7-4-14)32(30,31)27-9-1-2-10-27/h3-8,11-13H,1-2,9-10H2,(H,26,29). The number of carbonyl (C=O) groups is 1. The molecule has 0 atom stereocenters. The van der Waals surface area contributed by atoms with Crippen LogP contribution >= 0.6 is 0 Å². The molecule has 168 valence electrons. The fourth-order valence-electron chi connectivity index (χ4n) is 3.40. The van der Waals surface area contributed by atoms with E-state index in [9.17, 15) is 26.4 Å². The van der Waals surface area contributed by atoms with Gasteiger partial charge in [-0.05, 0) is 55.3 Å². The van der Waals surface area contributed by atoms with Gasteiger partial charge in [-0.3, -0.25) is 4.79 Å². The average Bonchev–Trinajstić information content (AvgIpc) is 3.48. The van der Waals surface area contributed by atoms with E-state index in [0.29, 0.717) is 13.1 Å². The molecule has 0 aliphatic carbocycles. The van der Waals surface area contributed by atoms with E-state index < -0.39 is 27.7 Å². The maximum atomic E-state index is 13.2. The lowest BCUT2D eigenvalue weighted by Crippen LogP contribution is -2.27. The monoisotopic (exact) mass is 465 g/mol. The Morgan fingerprint density at radius 3 is 2.31 bits per heavy atom. The molecule has 0 radical (unpaired) electrons. The summed E-state index contributed by atoms with van der Waals surface area (Å²) >= 11 is 0. The first-order chi connectivity index (χ1) is 15.2. The summed E-state index contributed by atoms with van der Waals surface area (Å²) in [5.41, 5.74) is -0.780. The summed E-state index contributed by atoms with van der Waals surface area (Å²) in [6.07, 6.45) is -0.513. The molecule has 0 saturated carbocycles. The Hall–Kier alpha value is -3.25. The Morgan fingerprint density at radius 1 is 1.03 bits per heavy atom. The third-order valence-electron chi connectivity index (χ3n) is 5.06. The Morgan fingerprint density at radius 2 is 1.72 bits per heavy atom. The maximum Gasteiger partial charge on any atom is 0.416 e. The van der Waals surface area contributed by atoms with Crippen molar-refractivity contribution in [2.45, 2.75) is 23.9 Å². The minimum absolute atomic E-state index is 0.0540. The fraction of sp³-hybridized carbons (Fsp3) is 0.250. The second kappa shape index (κ2) is 8.36. The zero-order chi connectivity index (χ0) is 22.9. The van der Waals surface area contributed by atoms with Gasteiger partial charge < -0.3 is 5.32 Å². The number of benzene rings is 2. The van der Waals surface area contributed by atoms with E-state index in [2.05, 4.69) is 15.4 Å². The largest absolute Gasteiger partial charge is 0.416 e. The van der Waals surface area contributed by atoms with Gasteiger partial charge in [0.2, 0.25) is 10.0 Å². The molecule has 1 aromatic heterocycles. The van der Waals surface area contributed by atoms with E-state index in [1.165, 1.54) is 52.0 Å². The van der Waals surface area contributed by atoms with Gasteiger partial charge in [0.15, 0.2) is 0 Å². The molecule has 0 bridgehead atoms. The van der Waals surface area contributed by atoms with Crippen molar-refractivity contribution in [3.05, 3.63) is 66.2 Å². The number of sulfonamides is 1. The third-order valence-corrected chi connectivity index (χ3v) is 6.97. The van der Waals surface area contributed by atoms with E-state index in [-0.39, 0.29) is 21.8 Å². The highest BCUT2D eigenvalue weighted by molar-refractivity contribution is 7.89. The second-order valence-electron chi connectivity index (χ2n) is 7.16. The Bertz CT molecular complexity index is 1220. The molecule has 32 heavy (non-hydrogen) atoms. The van der Waals surface area contributed by atoms with Crippen LogP contribution in [0.1, 0.15) is 28.8 Å². The first-order valence-corrected chi connectivity index (χ1v) is 11.1. The van der Waals surface area contributed by atoms with Gasteiger partial charge in [-0.25, -0.2) is 18.1 Å². The average molecular weight is 465 g/mol. The van der Waals surface area contributed by atoms with E-state index in [1.807, 2.05) is 0 Å². The second-order valence-corrected chi connectivity index (χ2v) is 9.10. The number of anilines is 1. The fourth-order valence-corrected chi connectivity index (χ4v) is 4.91. The summed E-state index contributed by atoms with van der Waals surface area (Å²) in [5, 5.41) is 6.35. The molecular formula is C20H18F3N5O3S. The van der Waals surface area contributed by atoms with E-state index in [4.69, 9.17) is 0 Å². The van der Waals surface area contributed by atoms with Crippen molar-refractivity contribution in [3.63, 3.8) is 0 Å². The van der Waals surface area contributed by atoms with Crippen molar-refractivity contribution in [2.75, 3.05) is 18.4 Å². The van der Waals surface area contributed by atoms with Gasteiger partial charge >= 0.3 is 6.18 Å². The number of amides is 1. The molecule has 3 aromatic rings. The molecule has 1 fully saturated rings. The lowest BCUT2D eigenvalue weighted by Gasteiger charge is -2.16. The topological polar surface area (TPSA) is 97.2 Å². The summed E-state index contributed by atoms with van der Waals surface area (Å²) in [6.45, 7) is 0.899. The van der Waals surface area contributed by atoms with Gasteiger partial charge in [-0.15, -0.1) is 0 Å². The van der Waals surface area contributed by atoms with Crippen LogP contribution < -0.4 is 5.32 Å². The Labute approximate surface area is 181 Å². The van der Waals surface area contributed by atoms with Gasteiger partial charge in [0.25, 0.3) is 5.91 Å². The molecule has 1 aliphatic heterocycles. The number of alkyl halides is 3. The van der Waals surface area contributed by atoms with Gasteiger partial charge in [0, 0.05) is 18.7 Å². The number of carbonyl (C=O) groups excluding carboxylic acids is 1. The summed E-state index contributed by atoms with van der Waals surface area (Å²) in [4.78, 5) is 16.5. The molecule has 4 rings (SSSR count). The number of aromatic nitrogens is 3. The highest BCUT2D eigenvalue weighted by atomic mass is 32.2. The molecular weight excluding hydrogens is 447 g/mol. The van der Waals surface area contributed by atoms with Crippen molar-refractivity contribution in [2.24, 2.45) is 0 Å². The maximum absolute atomic E-state index is 13.2. The van der Waals surface area contributed by atoms with Crippen LogP contribution in [0.2, 0.25) is 0 Å². The summed E-state index contributed by atoms with van der Waals surface area (Å²) in [7, 11) is -3.64. The summed E-state index contributed by atoms with van der Waals surface area (Å²) in [6, 6.07) is 8.13. The molecule has 0 unspecified atom stereocenters. The number of hydrogen-bond acceptors (Lipinski definition) is 5. The minimum atomic E-state index is -4.61. The Kier molecular flexibility index (Phi) is 5.73. The van der Waals surface area contributed by atoms with Crippen molar-refractivity contribution in [1.29, 1.82) is 0 Å². The number of rotatable bonds is 5. The lowest BCUT2D eigenvalue weighted by atomic mass is 10.1. The first-order valence-electron chi connectivity index (χ1n) is 9.64. The van der Waals surface area contributed by atoms with Gasteiger partial charge in [-0.1, -0.05) is 0 Å². The quantitative estimate of drug-likeness (QED) is 0.624. The highest BCUT2D eigenvalue weighted by Crippen LogP contribution is 2.33. The van der Waals surface area contributed by atoms with E-state index in [1.54, 1.807) is 0 Å². The molecule has 2 heterocycles. The predicted octanol–water partition coefficient (Wildman–Crippen LogP) is 3.32. The molecule has 8 nitrogen and oxygen atoms in total. The lowest BCUT2D eigenvalue weighted by molar-refractivity contribution is -0.137. The molecule has 1 amide bonds. The number of halogens is 3. The minimum Gasteiger partial charge on any atom is -0.320 e. The van der Waals surface area contributed by atoms with Gasteiger partial charge in [0.1, 0.15) is 12.7 Å². The SMILES string of the molecule is O=C(Nc1cc(C(F)(F)F)ccc1-n1cncn1)c1ccc(S(=O)(=O)N2CCCC2)cc1. The van der Waals surface area contributed by atoms with Crippen molar-refractivity contribution >= 4 is 21.6 Å². The van der Waals surface area contributed by atoms with Crippen LogP contribution in [0, 0.1) is 0 Å². The van der Waals surface area contributed by atoms with Gasteiger partial charge in [0.05, 0.1) is 21.8 Å². The zero-order valence-electron chi connectivity index (χ0n) is 16.6. The summed E-state index contributed by atoms with van der Waals surface area (Å²) < 4.78 is 67.4. The van der Waals surface area contributed by atoms with Crippen LogP contribution in [0.25, 0.3) is 5.69 Å². The van der Waals surface area contributed by atoms with Crippen molar-refractivity contribution < 1.29 is 26.4 Å². The zero-order valence-corrected chi connectivity index (χ0v) is 17.4. The van der Waals surface area contributed by atoms with Crippen LogP contribution in [0.15, 0.2) is 60.0 Å². The normalized spacial score (nSPS) is 15.1. The van der Waals surface area contributed by atoms with E-state index >= 15 is 0 Å². The van der Waals surface area contributed by atoms with E-state index in [0.717, 1.165) is 25.0 Å². The Balaban J connectivity index is 1.61. The predicted molar refractivity (Wildman–Crippen MR) is 109 cm³/mol. The number of nitrogens with one attached hydrogen (secondary N) is 1.